The van der Waals surface area contributed by atoms with Crippen LogP contribution in [0.2, 0.25) is 0 Å². The predicted octanol–water partition coefficient (Wildman–Crippen LogP) is 3.59. The highest BCUT2D eigenvalue weighted by molar-refractivity contribution is 7.90. The number of anilines is 1. The van der Waals surface area contributed by atoms with E-state index in [1.165, 1.54) is 5.56 Å². The molecule has 1 saturated heterocycles. The van der Waals surface area contributed by atoms with E-state index in [1.807, 2.05) is 48.5 Å². The van der Waals surface area contributed by atoms with Gasteiger partial charge in [-0.05, 0) is 60.5 Å². The van der Waals surface area contributed by atoms with Crippen LogP contribution < -0.4 is 14.6 Å². The Morgan fingerprint density at radius 1 is 0.765 bits per heavy atom. The van der Waals surface area contributed by atoms with Gasteiger partial charge in [0.1, 0.15) is 12.4 Å². The van der Waals surface area contributed by atoms with E-state index >= 15 is 0 Å². The number of nitrogens with zero attached hydrogens (tertiary/aromatic N) is 2. The highest BCUT2D eigenvalue weighted by Gasteiger charge is 2.16. The van der Waals surface area contributed by atoms with Crippen molar-refractivity contribution in [3.63, 3.8) is 0 Å². The van der Waals surface area contributed by atoms with Crippen molar-refractivity contribution in [2.24, 2.45) is 5.14 Å². The zero-order chi connectivity index (χ0) is 23.8. The zero-order valence-corrected chi connectivity index (χ0v) is 20.1. The molecule has 0 radical (unpaired) electrons. The van der Waals surface area contributed by atoms with Crippen molar-refractivity contribution in [2.75, 3.05) is 30.9 Å². The van der Waals surface area contributed by atoms with Crippen LogP contribution in [0.3, 0.4) is 0 Å². The second kappa shape index (κ2) is 11.5. The molecule has 3 aromatic rings. The summed E-state index contributed by atoms with van der Waals surface area (Å²) in [6, 6.07) is 26.0. The van der Waals surface area contributed by atoms with E-state index in [-0.39, 0.29) is 0 Å². The minimum atomic E-state index is -3.77. The van der Waals surface area contributed by atoms with Gasteiger partial charge >= 0.3 is 0 Å². The summed E-state index contributed by atoms with van der Waals surface area (Å²) in [4.78, 5) is 4.90. The number of hydrogen-bond donors (Lipinski definition) is 2. The van der Waals surface area contributed by atoms with Crippen LogP contribution in [-0.4, -0.2) is 44.4 Å². The molecule has 180 valence electrons. The molecule has 0 unspecified atom stereocenters. The maximum Gasteiger partial charge on any atom is 0.296 e. The molecule has 1 fully saturated rings. The predicted molar refractivity (Wildman–Crippen MR) is 136 cm³/mol. The maximum absolute atomic E-state index is 11.3. The lowest BCUT2D eigenvalue weighted by Gasteiger charge is -2.22. The number of hydrogen-bond acceptors (Lipinski definition) is 5. The fourth-order valence-corrected chi connectivity index (χ4v) is 4.64. The Bertz CT molecular complexity index is 1150. The van der Waals surface area contributed by atoms with Crippen LogP contribution in [0.4, 0.5) is 5.69 Å². The topological polar surface area (TPSA) is 87.9 Å². The van der Waals surface area contributed by atoms with Gasteiger partial charge in [0.25, 0.3) is 10.2 Å². The first-order valence-electron chi connectivity index (χ1n) is 11.5. The molecule has 1 aliphatic heterocycles. The van der Waals surface area contributed by atoms with Gasteiger partial charge in [-0.2, -0.15) is 8.42 Å². The second-order valence-corrected chi connectivity index (χ2v) is 9.97. The first kappa shape index (κ1) is 24.2. The number of rotatable bonds is 9. The average molecular weight is 481 g/mol. The average Bonchev–Trinajstić information content (AvgIpc) is 3.03. The molecule has 4 rings (SSSR count). The van der Waals surface area contributed by atoms with E-state index in [2.05, 4.69) is 38.8 Å². The quantitative estimate of drug-likeness (QED) is 0.489. The van der Waals surface area contributed by atoms with Crippen molar-refractivity contribution in [2.45, 2.75) is 26.1 Å². The smallest absolute Gasteiger partial charge is 0.296 e. The molecule has 7 nitrogen and oxygen atoms in total. The van der Waals surface area contributed by atoms with E-state index in [9.17, 15) is 8.42 Å². The van der Waals surface area contributed by atoms with Crippen LogP contribution in [-0.2, 0) is 29.9 Å². The molecule has 1 aliphatic rings. The summed E-state index contributed by atoms with van der Waals surface area (Å²) in [5.74, 6) is 0.883. The Labute approximate surface area is 202 Å². The molecule has 0 atom stereocenters. The van der Waals surface area contributed by atoms with Crippen LogP contribution in [0.1, 0.15) is 23.1 Å². The van der Waals surface area contributed by atoms with Gasteiger partial charge in [0.15, 0.2) is 0 Å². The van der Waals surface area contributed by atoms with Crippen molar-refractivity contribution in [3.05, 3.63) is 95.6 Å². The highest BCUT2D eigenvalue weighted by atomic mass is 32.2. The van der Waals surface area contributed by atoms with E-state index in [1.54, 1.807) is 6.07 Å². The summed E-state index contributed by atoms with van der Waals surface area (Å²) < 4.78 is 30.8. The van der Waals surface area contributed by atoms with Crippen LogP contribution >= 0.6 is 0 Å². The molecule has 0 aromatic heterocycles. The van der Waals surface area contributed by atoms with Crippen molar-refractivity contribution < 1.29 is 13.2 Å². The van der Waals surface area contributed by atoms with Gasteiger partial charge in [0, 0.05) is 26.2 Å². The van der Waals surface area contributed by atoms with Crippen molar-refractivity contribution in [1.29, 1.82) is 0 Å². The highest BCUT2D eigenvalue weighted by Crippen LogP contribution is 2.18. The summed E-state index contributed by atoms with van der Waals surface area (Å²) >= 11 is 0. The Hall–Kier alpha value is -2.91. The third kappa shape index (κ3) is 7.85. The summed E-state index contributed by atoms with van der Waals surface area (Å²) in [6.07, 6.45) is 1.09. The van der Waals surface area contributed by atoms with Crippen LogP contribution in [0.15, 0.2) is 78.9 Å². The van der Waals surface area contributed by atoms with Gasteiger partial charge in [0.2, 0.25) is 0 Å². The summed E-state index contributed by atoms with van der Waals surface area (Å²) in [7, 11) is -3.77. The van der Waals surface area contributed by atoms with E-state index in [0.29, 0.717) is 12.3 Å². The van der Waals surface area contributed by atoms with Crippen LogP contribution in [0.25, 0.3) is 0 Å². The van der Waals surface area contributed by atoms with E-state index in [4.69, 9.17) is 9.88 Å². The third-order valence-electron chi connectivity index (χ3n) is 5.85. The van der Waals surface area contributed by atoms with Crippen molar-refractivity contribution in [3.8, 4) is 5.75 Å². The number of benzene rings is 3. The number of ether oxygens (including phenoxy) is 1. The lowest BCUT2D eigenvalue weighted by molar-refractivity contribution is 0.247. The van der Waals surface area contributed by atoms with Gasteiger partial charge in [-0.1, -0.05) is 54.6 Å². The van der Waals surface area contributed by atoms with E-state index in [0.717, 1.165) is 62.6 Å². The zero-order valence-electron chi connectivity index (χ0n) is 19.3. The molecule has 3 N–H and O–H groups in total. The Morgan fingerprint density at radius 3 is 2.09 bits per heavy atom. The van der Waals surface area contributed by atoms with Gasteiger partial charge in [-0.3, -0.25) is 14.5 Å². The second-order valence-electron chi connectivity index (χ2n) is 8.67. The largest absolute Gasteiger partial charge is 0.489 e. The molecule has 0 amide bonds. The SMILES string of the molecule is NS(=O)(=O)Nc1cccc(CN2CCCN(Cc3ccc(OCc4ccccc4)cc3)CC2)c1. The van der Waals surface area contributed by atoms with Crippen molar-refractivity contribution in [1.82, 2.24) is 9.80 Å². The summed E-state index contributed by atoms with van der Waals surface area (Å²) in [5.41, 5.74) is 4.00. The molecule has 0 spiro atoms. The number of nitrogens with one attached hydrogen (secondary N) is 1. The molecule has 1 heterocycles. The minimum absolute atomic E-state index is 0.493. The van der Waals surface area contributed by atoms with Crippen LogP contribution in [0, 0.1) is 0 Å². The lowest BCUT2D eigenvalue weighted by atomic mass is 10.2. The lowest BCUT2D eigenvalue weighted by Crippen LogP contribution is -2.30. The van der Waals surface area contributed by atoms with Gasteiger partial charge in [0.05, 0.1) is 5.69 Å². The van der Waals surface area contributed by atoms with Gasteiger partial charge in [-0.25, -0.2) is 5.14 Å². The Morgan fingerprint density at radius 2 is 1.41 bits per heavy atom. The standard InChI is InChI=1S/C26H32N4O3S/c27-34(31,32)28-25-9-4-8-24(18-25)20-30-15-5-14-29(16-17-30)19-22-10-12-26(13-11-22)33-21-23-6-2-1-3-7-23/h1-4,6-13,18,28H,5,14-17,19-21H2,(H2,27,31,32). The van der Waals surface area contributed by atoms with Crippen molar-refractivity contribution >= 4 is 15.9 Å². The monoisotopic (exact) mass is 480 g/mol. The van der Waals surface area contributed by atoms with Gasteiger partial charge < -0.3 is 4.74 Å². The first-order valence-corrected chi connectivity index (χ1v) is 13.1. The molecule has 0 bridgehead atoms. The summed E-state index contributed by atoms with van der Waals surface area (Å²) in [5, 5.41) is 5.09. The number of nitrogens with two attached hydrogens (primary N) is 1. The minimum Gasteiger partial charge on any atom is -0.489 e. The Kier molecular flexibility index (Phi) is 8.18. The fraction of sp³-hybridized carbons (Fsp3) is 0.308. The fourth-order valence-electron chi connectivity index (χ4n) is 4.19. The van der Waals surface area contributed by atoms with Crippen LogP contribution in [0.5, 0.6) is 5.75 Å². The molecule has 3 aromatic carbocycles. The third-order valence-corrected chi connectivity index (χ3v) is 6.37. The van der Waals surface area contributed by atoms with E-state index < -0.39 is 10.2 Å². The Balaban J connectivity index is 1.25. The molecule has 0 aliphatic carbocycles. The molecular formula is C26H32N4O3S. The summed E-state index contributed by atoms with van der Waals surface area (Å²) in [6.45, 7) is 6.28. The first-order chi connectivity index (χ1) is 16.4. The molecular weight excluding hydrogens is 448 g/mol. The molecule has 8 heteroatoms. The maximum atomic E-state index is 11.3. The molecule has 34 heavy (non-hydrogen) atoms. The molecule has 0 saturated carbocycles. The van der Waals surface area contributed by atoms with Gasteiger partial charge in [-0.15, -0.1) is 0 Å². The normalized spacial score (nSPS) is 15.6.